The van der Waals surface area contributed by atoms with E-state index in [4.69, 9.17) is 9.15 Å². The molecule has 0 radical (unpaired) electrons. The van der Waals surface area contributed by atoms with E-state index in [1.807, 2.05) is 18.2 Å². The van der Waals surface area contributed by atoms with Crippen molar-refractivity contribution in [2.24, 2.45) is 4.99 Å². The molecule has 1 aliphatic heterocycles. The number of carbonyl (C=O) groups excluding carboxylic acids is 1. The Hall–Kier alpha value is -2.51. The molecule has 0 bridgehead atoms. The van der Waals surface area contributed by atoms with Crippen molar-refractivity contribution in [1.82, 2.24) is 5.32 Å². The van der Waals surface area contributed by atoms with E-state index in [-0.39, 0.29) is 23.4 Å². The van der Waals surface area contributed by atoms with Gasteiger partial charge in [-0.05, 0) is 67.8 Å². The number of carbonyl (C=O) groups is 1. The molecule has 1 aromatic heterocycles. The molecule has 29 heavy (non-hydrogen) atoms. The van der Waals surface area contributed by atoms with Crippen molar-refractivity contribution in [3.05, 3.63) is 69.4 Å². The van der Waals surface area contributed by atoms with Crippen LogP contribution in [0.1, 0.15) is 28.8 Å². The van der Waals surface area contributed by atoms with Gasteiger partial charge in [-0.15, -0.1) is 0 Å². The average Bonchev–Trinajstić information content (AvgIpc) is 3.21. The number of hydrogen-bond donors (Lipinski definition) is 1. The van der Waals surface area contributed by atoms with Gasteiger partial charge >= 0.3 is 0 Å². The van der Waals surface area contributed by atoms with E-state index in [1.165, 1.54) is 12.1 Å². The summed E-state index contributed by atoms with van der Waals surface area (Å²) in [5.41, 5.74) is 2.29. The molecule has 1 amide bonds. The zero-order valence-electron chi connectivity index (χ0n) is 15.9. The topological polar surface area (TPSA) is 63.8 Å². The lowest BCUT2D eigenvalue weighted by molar-refractivity contribution is 0.0854. The van der Waals surface area contributed by atoms with Crippen molar-refractivity contribution in [2.45, 2.75) is 25.9 Å². The first-order valence-electron chi connectivity index (χ1n) is 9.44. The Morgan fingerprint density at radius 1 is 1.28 bits per heavy atom. The molecular weight excluding hydrogens is 439 g/mol. The molecule has 3 aromatic rings. The van der Waals surface area contributed by atoms with Crippen LogP contribution in [0.4, 0.5) is 10.1 Å². The minimum absolute atomic E-state index is 0.0326. The normalized spacial score (nSPS) is 17.1. The lowest BCUT2D eigenvalue weighted by Gasteiger charge is -2.11. The summed E-state index contributed by atoms with van der Waals surface area (Å²) in [5, 5.41) is 3.69. The lowest BCUT2D eigenvalue weighted by atomic mass is 10.1. The molecule has 5 nitrogen and oxygen atoms in total. The Balaban J connectivity index is 1.78. The summed E-state index contributed by atoms with van der Waals surface area (Å²) in [6.07, 6.45) is 1.97. The fourth-order valence-corrected chi connectivity index (χ4v) is 3.69. The van der Waals surface area contributed by atoms with E-state index in [9.17, 15) is 9.18 Å². The van der Waals surface area contributed by atoms with Gasteiger partial charge in [-0.3, -0.25) is 4.79 Å². The Bertz CT molecular complexity index is 1140. The van der Waals surface area contributed by atoms with Crippen molar-refractivity contribution in [3.8, 4) is 0 Å². The average molecular weight is 459 g/mol. The van der Waals surface area contributed by atoms with Crippen LogP contribution >= 0.6 is 15.9 Å². The number of aryl methyl sites for hydroxylation is 1. The summed E-state index contributed by atoms with van der Waals surface area (Å²) in [4.78, 5) is 17.4. The summed E-state index contributed by atoms with van der Waals surface area (Å²) in [6.45, 7) is 2.92. The minimum Gasteiger partial charge on any atom is -0.438 e. The number of nitrogens with zero attached hydrogens (tertiary/aromatic N) is 1. The number of benzene rings is 2. The largest absolute Gasteiger partial charge is 0.438 e. The van der Waals surface area contributed by atoms with E-state index in [0.717, 1.165) is 29.3 Å². The standard InChI is InChI=1S/C22H20BrFN2O3/c1-13-9-16(24)5-6-19(13)26-22-18(21(27)25-12-17-3-2-8-28-17)11-14-10-15(23)4-7-20(14)29-22/h4-7,9-11,17H,2-3,8,12H2,1H3,(H,25,27)/t17-/m1/s1. The highest BCUT2D eigenvalue weighted by Crippen LogP contribution is 2.22. The minimum atomic E-state index is -0.337. The lowest BCUT2D eigenvalue weighted by Crippen LogP contribution is -2.34. The second kappa shape index (κ2) is 8.47. The predicted molar refractivity (Wildman–Crippen MR) is 112 cm³/mol. The van der Waals surface area contributed by atoms with Crippen LogP contribution in [-0.2, 0) is 4.74 Å². The number of rotatable bonds is 4. The number of nitrogens with one attached hydrogen (secondary N) is 1. The second-order valence-electron chi connectivity index (χ2n) is 7.04. The summed E-state index contributed by atoms with van der Waals surface area (Å²) in [5.74, 6) is -0.624. The SMILES string of the molecule is Cc1cc(F)ccc1N=c1oc2ccc(Br)cc2cc1C(=O)NC[C@H]1CCCO1. The molecule has 150 valence electrons. The molecule has 2 heterocycles. The number of hydrogen-bond acceptors (Lipinski definition) is 4. The third kappa shape index (κ3) is 4.57. The first kappa shape index (κ1) is 19.8. The Morgan fingerprint density at radius 3 is 2.90 bits per heavy atom. The van der Waals surface area contributed by atoms with Crippen LogP contribution in [0.3, 0.4) is 0 Å². The number of ether oxygens (including phenoxy) is 1. The van der Waals surface area contributed by atoms with E-state index in [0.29, 0.717) is 28.9 Å². The quantitative estimate of drug-likeness (QED) is 0.611. The maximum absolute atomic E-state index is 13.4. The molecule has 4 rings (SSSR count). The van der Waals surface area contributed by atoms with Gasteiger partial charge in [0, 0.05) is 23.0 Å². The smallest absolute Gasteiger partial charge is 0.256 e. The molecule has 1 N–H and O–H groups in total. The maximum Gasteiger partial charge on any atom is 0.256 e. The van der Waals surface area contributed by atoms with Crippen LogP contribution in [-0.4, -0.2) is 25.2 Å². The molecule has 1 atom stereocenters. The van der Waals surface area contributed by atoms with Crippen LogP contribution in [0, 0.1) is 12.7 Å². The van der Waals surface area contributed by atoms with Gasteiger partial charge in [0.1, 0.15) is 17.0 Å². The predicted octanol–water partition coefficient (Wildman–Crippen LogP) is 4.78. The third-order valence-electron chi connectivity index (χ3n) is 4.85. The first-order chi connectivity index (χ1) is 14.0. The van der Waals surface area contributed by atoms with Gasteiger partial charge in [-0.2, -0.15) is 0 Å². The Kier molecular flexibility index (Phi) is 5.78. The van der Waals surface area contributed by atoms with Gasteiger partial charge in [0.15, 0.2) is 0 Å². The summed E-state index contributed by atoms with van der Waals surface area (Å²) in [6, 6.07) is 11.6. The highest BCUT2D eigenvalue weighted by molar-refractivity contribution is 9.10. The summed E-state index contributed by atoms with van der Waals surface area (Å²) >= 11 is 3.44. The van der Waals surface area contributed by atoms with Crippen molar-refractivity contribution in [1.29, 1.82) is 0 Å². The van der Waals surface area contributed by atoms with Crippen LogP contribution in [0.15, 0.2) is 56.3 Å². The van der Waals surface area contributed by atoms with Crippen molar-refractivity contribution >= 4 is 38.5 Å². The zero-order valence-corrected chi connectivity index (χ0v) is 17.5. The Labute approximate surface area is 175 Å². The monoisotopic (exact) mass is 458 g/mol. The fraction of sp³-hybridized carbons (Fsp3) is 0.273. The molecule has 1 fully saturated rings. The third-order valence-corrected chi connectivity index (χ3v) is 5.34. The van der Waals surface area contributed by atoms with E-state index in [1.54, 1.807) is 19.1 Å². The molecule has 0 unspecified atom stereocenters. The van der Waals surface area contributed by atoms with Crippen LogP contribution < -0.4 is 10.9 Å². The van der Waals surface area contributed by atoms with Crippen LogP contribution in [0.25, 0.3) is 11.0 Å². The molecule has 0 saturated carbocycles. The van der Waals surface area contributed by atoms with E-state index < -0.39 is 0 Å². The highest BCUT2D eigenvalue weighted by atomic mass is 79.9. The van der Waals surface area contributed by atoms with Crippen molar-refractivity contribution < 1.29 is 18.3 Å². The Morgan fingerprint density at radius 2 is 2.14 bits per heavy atom. The zero-order chi connectivity index (χ0) is 20.4. The van der Waals surface area contributed by atoms with E-state index >= 15 is 0 Å². The van der Waals surface area contributed by atoms with Crippen LogP contribution in [0.5, 0.6) is 0 Å². The van der Waals surface area contributed by atoms with Gasteiger partial charge in [-0.1, -0.05) is 15.9 Å². The van der Waals surface area contributed by atoms with E-state index in [2.05, 4.69) is 26.2 Å². The van der Waals surface area contributed by atoms with Gasteiger partial charge in [0.05, 0.1) is 11.8 Å². The second-order valence-corrected chi connectivity index (χ2v) is 7.95. The van der Waals surface area contributed by atoms with Gasteiger partial charge < -0.3 is 14.5 Å². The van der Waals surface area contributed by atoms with Gasteiger partial charge in [0.2, 0.25) is 5.55 Å². The van der Waals surface area contributed by atoms with Crippen LogP contribution in [0.2, 0.25) is 0 Å². The molecule has 7 heteroatoms. The molecule has 0 aliphatic carbocycles. The molecule has 1 aliphatic rings. The van der Waals surface area contributed by atoms with Crippen molar-refractivity contribution in [3.63, 3.8) is 0 Å². The molecular formula is C22H20BrFN2O3. The van der Waals surface area contributed by atoms with Gasteiger partial charge in [0.25, 0.3) is 5.91 Å². The highest BCUT2D eigenvalue weighted by Gasteiger charge is 2.18. The fourth-order valence-electron chi connectivity index (χ4n) is 3.31. The maximum atomic E-state index is 13.4. The number of halogens is 2. The summed E-state index contributed by atoms with van der Waals surface area (Å²) in [7, 11) is 0. The summed E-state index contributed by atoms with van der Waals surface area (Å²) < 4.78 is 25.9. The number of fused-ring (bicyclic) bond motifs is 1. The van der Waals surface area contributed by atoms with Crippen molar-refractivity contribution in [2.75, 3.05) is 13.2 Å². The number of amides is 1. The molecule has 2 aromatic carbocycles. The first-order valence-corrected chi connectivity index (χ1v) is 10.2. The molecule has 1 saturated heterocycles. The van der Waals surface area contributed by atoms with Gasteiger partial charge in [-0.25, -0.2) is 9.38 Å². The molecule has 0 spiro atoms.